The molecule has 1 atom stereocenters. The lowest BCUT2D eigenvalue weighted by atomic mass is 9.84. The molecule has 0 bridgehead atoms. The number of hydrogen-bond donors (Lipinski definition) is 0. The lowest BCUT2D eigenvalue weighted by Crippen LogP contribution is -2.41. The molecule has 0 N–H and O–H groups in total. The van der Waals surface area contributed by atoms with Crippen LogP contribution < -0.4 is 4.74 Å². The van der Waals surface area contributed by atoms with Gasteiger partial charge in [0, 0.05) is 23.7 Å². The Balaban J connectivity index is 1.60. The predicted molar refractivity (Wildman–Crippen MR) is 120 cm³/mol. The third kappa shape index (κ3) is 4.16. The number of fused-ring (bicyclic) bond motifs is 1. The standard InChI is InChI=1S/C25H27ClF3NO3/c1-23(2,3)33-22(31)30-12-10-15(11-13-30)17-6-5-7-19-21(17)32-24(4,25(19,28)29)18-9-8-16(26)14-20(18)27/h5-9,14-15H,10-13H2,1-4H3. The first-order valence-corrected chi connectivity index (χ1v) is 11.3. The molecule has 0 saturated carbocycles. The maximum Gasteiger partial charge on any atom is 0.410 e. The van der Waals surface area contributed by atoms with Crippen molar-refractivity contribution in [3.63, 3.8) is 0 Å². The molecule has 0 aliphatic carbocycles. The van der Waals surface area contributed by atoms with Gasteiger partial charge in [0.05, 0.1) is 5.56 Å². The quantitative estimate of drug-likeness (QED) is 0.464. The van der Waals surface area contributed by atoms with Crippen LogP contribution in [0.4, 0.5) is 18.0 Å². The first kappa shape index (κ1) is 23.7. The van der Waals surface area contributed by atoms with Crippen molar-refractivity contribution in [2.45, 2.75) is 63.6 Å². The molecule has 4 nitrogen and oxygen atoms in total. The number of halogens is 4. The third-order valence-electron chi connectivity index (χ3n) is 6.32. The van der Waals surface area contributed by atoms with Crippen LogP contribution >= 0.6 is 11.6 Å². The van der Waals surface area contributed by atoms with Gasteiger partial charge in [-0.2, -0.15) is 8.78 Å². The van der Waals surface area contributed by atoms with E-state index in [-0.39, 0.29) is 33.9 Å². The maximum atomic E-state index is 15.6. The van der Waals surface area contributed by atoms with Crippen LogP contribution in [-0.2, 0) is 16.3 Å². The number of carbonyl (C=O) groups excluding carboxylic acids is 1. The predicted octanol–water partition coefficient (Wildman–Crippen LogP) is 6.99. The number of nitrogens with zero attached hydrogens (tertiary/aromatic N) is 1. The molecule has 0 radical (unpaired) electrons. The van der Waals surface area contributed by atoms with Gasteiger partial charge in [-0.1, -0.05) is 29.8 Å². The summed E-state index contributed by atoms with van der Waals surface area (Å²) in [6, 6.07) is 8.31. The molecule has 1 fully saturated rings. The fraction of sp³-hybridized carbons (Fsp3) is 0.480. The monoisotopic (exact) mass is 481 g/mol. The molecule has 2 heterocycles. The average molecular weight is 482 g/mol. The number of hydrogen-bond acceptors (Lipinski definition) is 3. The van der Waals surface area contributed by atoms with Crippen LogP contribution in [0.2, 0.25) is 5.02 Å². The molecule has 33 heavy (non-hydrogen) atoms. The van der Waals surface area contributed by atoms with Crippen LogP contribution in [0.15, 0.2) is 36.4 Å². The molecule has 178 valence electrons. The highest BCUT2D eigenvalue weighted by atomic mass is 35.5. The van der Waals surface area contributed by atoms with Gasteiger partial charge in [0.1, 0.15) is 17.2 Å². The van der Waals surface area contributed by atoms with E-state index in [0.29, 0.717) is 31.5 Å². The Labute approximate surface area is 196 Å². The molecule has 0 aromatic heterocycles. The average Bonchev–Trinajstić information content (AvgIpc) is 2.93. The summed E-state index contributed by atoms with van der Waals surface area (Å²) < 4.78 is 57.3. The molecule has 2 aromatic rings. The zero-order chi connectivity index (χ0) is 24.2. The zero-order valence-corrected chi connectivity index (χ0v) is 19.8. The van der Waals surface area contributed by atoms with Crippen molar-refractivity contribution >= 4 is 17.7 Å². The first-order valence-electron chi connectivity index (χ1n) is 11.0. The van der Waals surface area contributed by atoms with Crippen molar-refractivity contribution in [1.82, 2.24) is 4.90 Å². The van der Waals surface area contributed by atoms with Crippen LogP contribution in [0.25, 0.3) is 0 Å². The van der Waals surface area contributed by atoms with Crippen molar-refractivity contribution in [3.8, 4) is 5.75 Å². The molecule has 2 aliphatic heterocycles. The number of rotatable bonds is 2. The number of para-hydroxylation sites is 1. The molecule has 2 aromatic carbocycles. The summed E-state index contributed by atoms with van der Waals surface area (Å²) in [7, 11) is 0. The summed E-state index contributed by atoms with van der Waals surface area (Å²) >= 11 is 5.82. The highest BCUT2D eigenvalue weighted by Gasteiger charge is 2.62. The van der Waals surface area contributed by atoms with Crippen molar-refractivity contribution in [2.24, 2.45) is 0 Å². The minimum absolute atomic E-state index is 0.0770. The molecule has 1 amide bonds. The van der Waals surface area contributed by atoms with Gasteiger partial charge in [-0.05, 0) is 70.2 Å². The van der Waals surface area contributed by atoms with E-state index in [0.717, 1.165) is 6.07 Å². The third-order valence-corrected chi connectivity index (χ3v) is 6.56. The second-order valence-electron chi connectivity index (χ2n) is 9.80. The van der Waals surface area contributed by atoms with Crippen molar-refractivity contribution in [2.75, 3.05) is 13.1 Å². The fourth-order valence-corrected chi connectivity index (χ4v) is 4.72. The summed E-state index contributed by atoms with van der Waals surface area (Å²) in [5, 5.41) is 0.121. The van der Waals surface area contributed by atoms with E-state index in [1.54, 1.807) is 17.0 Å². The maximum absolute atomic E-state index is 15.6. The Bertz CT molecular complexity index is 1080. The van der Waals surface area contributed by atoms with E-state index >= 15 is 8.78 Å². The van der Waals surface area contributed by atoms with Gasteiger partial charge in [0.15, 0.2) is 0 Å². The summed E-state index contributed by atoms with van der Waals surface area (Å²) in [5.41, 5.74) is -2.66. The SMILES string of the molecule is CC(C)(C)OC(=O)N1CCC(c2cccc3c2OC(C)(c2ccc(Cl)cc2F)C3(F)F)CC1. The molecule has 4 rings (SSSR count). The molecule has 8 heteroatoms. The summed E-state index contributed by atoms with van der Waals surface area (Å²) in [4.78, 5) is 14.0. The molecule has 0 spiro atoms. The van der Waals surface area contributed by atoms with E-state index in [2.05, 4.69) is 0 Å². The number of alkyl halides is 2. The Morgan fingerprint density at radius 2 is 1.82 bits per heavy atom. The molecule has 2 aliphatic rings. The number of amides is 1. The minimum Gasteiger partial charge on any atom is -0.475 e. The van der Waals surface area contributed by atoms with Gasteiger partial charge in [-0.15, -0.1) is 0 Å². The van der Waals surface area contributed by atoms with Crippen LogP contribution in [0.5, 0.6) is 5.75 Å². The topological polar surface area (TPSA) is 38.8 Å². The largest absolute Gasteiger partial charge is 0.475 e. The van der Waals surface area contributed by atoms with Gasteiger partial charge >= 0.3 is 12.0 Å². The first-order chi connectivity index (χ1) is 15.3. The number of ether oxygens (including phenoxy) is 2. The summed E-state index contributed by atoms with van der Waals surface area (Å²) in [6.07, 6.45) is 0.778. The zero-order valence-electron chi connectivity index (χ0n) is 19.1. The van der Waals surface area contributed by atoms with Crippen LogP contribution in [0.3, 0.4) is 0 Å². The Kier molecular flexibility index (Phi) is 5.84. The second-order valence-corrected chi connectivity index (χ2v) is 10.2. The molecule has 1 saturated heterocycles. The van der Waals surface area contributed by atoms with Crippen LogP contribution in [0.1, 0.15) is 63.1 Å². The van der Waals surface area contributed by atoms with E-state index in [9.17, 15) is 9.18 Å². The Morgan fingerprint density at radius 3 is 2.42 bits per heavy atom. The van der Waals surface area contributed by atoms with Gasteiger partial charge in [-0.3, -0.25) is 0 Å². The molecular formula is C25H27ClF3NO3. The van der Waals surface area contributed by atoms with E-state index < -0.39 is 22.9 Å². The van der Waals surface area contributed by atoms with Crippen molar-refractivity contribution in [3.05, 3.63) is 63.9 Å². The number of piperidine rings is 1. The number of benzene rings is 2. The Morgan fingerprint density at radius 1 is 1.15 bits per heavy atom. The smallest absolute Gasteiger partial charge is 0.410 e. The van der Waals surface area contributed by atoms with Gasteiger partial charge in [0.2, 0.25) is 5.60 Å². The van der Waals surface area contributed by atoms with Gasteiger partial charge in [0.25, 0.3) is 0 Å². The lowest BCUT2D eigenvalue weighted by Gasteiger charge is -2.34. The minimum atomic E-state index is -3.45. The normalized spacial score (nSPS) is 22.6. The van der Waals surface area contributed by atoms with Crippen LogP contribution in [-0.4, -0.2) is 29.7 Å². The lowest BCUT2D eigenvalue weighted by molar-refractivity contribution is -0.144. The fourth-order valence-electron chi connectivity index (χ4n) is 4.56. The van der Waals surface area contributed by atoms with Gasteiger partial charge < -0.3 is 14.4 Å². The second kappa shape index (κ2) is 8.12. The van der Waals surface area contributed by atoms with E-state index in [4.69, 9.17) is 21.1 Å². The van der Waals surface area contributed by atoms with Crippen LogP contribution in [0, 0.1) is 5.82 Å². The highest BCUT2D eigenvalue weighted by Crippen LogP contribution is 2.59. The van der Waals surface area contributed by atoms with E-state index in [1.807, 2.05) is 20.8 Å². The number of carbonyl (C=O) groups is 1. The number of likely N-dealkylation sites (tertiary alicyclic amines) is 1. The van der Waals surface area contributed by atoms with E-state index in [1.165, 1.54) is 25.1 Å². The molecule has 1 unspecified atom stereocenters. The van der Waals surface area contributed by atoms with Crippen molar-refractivity contribution < 1.29 is 27.4 Å². The highest BCUT2D eigenvalue weighted by molar-refractivity contribution is 6.30. The van der Waals surface area contributed by atoms with Crippen molar-refractivity contribution in [1.29, 1.82) is 0 Å². The summed E-state index contributed by atoms with van der Waals surface area (Å²) in [5.74, 6) is -4.28. The summed E-state index contributed by atoms with van der Waals surface area (Å²) in [6.45, 7) is 7.52. The Hall–Kier alpha value is -2.41. The molecular weight excluding hydrogens is 455 g/mol. The van der Waals surface area contributed by atoms with Gasteiger partial charge in [-0.25, -0.2) is 9.18 Å².